The molecule has 0 radical (unpaired) electrons. The first kappa shape index (κ1) is 22.6. The number of amides is 1. The molecule has 0 atom stereocenters. The molecule has 3 rings (SSSR count). The van der Waals surface area contributed by atoms with Gasteiger partial charge in [-0.2, -0.15) is 0 Å². The van der Waals surface area contributed by atoms with Crippen LogP contribution in [0.5, 0.6) is 5.75 Å². The molecule has 1 heterocycles. The minimum absolute atomic E-state index is 0.0781. The number of nitrogens with one attached hydrogen (secondary N) is 1. The van der Waals surface area contributed by atoms with E-state index >= 15 is 0 Å². The molecule has 0 aliphatic carbocycles. The largest absolute Gasteiger partial charge is 0.486 e. The Labute approximate surface area is 187 Å². The fraction of sp³-hybridized carbons (Fsp3) is 0.292. The third kappa shape index (κ3) is 5.98. The summed E-state index contributed by atoms with van der Waals surface area (Å²) in [4.78, 5) is 12.6. The van der Waals surface area contributed by atoms with Crippen molar-refractivity contribution in [1.29, 1.82) is 0 Å². The highest BCUT2D eigenvalue weighted by atomic mass is 32.2. The minimum atomic E-state index is -0.0781. The molecule has 0 aliphatic rings. The number of thioether (sulfide) groups is 1. The number of hydrogen-bond acceptors (Lipinski definition) is 5. The summed E-state index contributed by atoms with van der Waals surface area (Å²) in [5.41, 5.74) is 5.34. The molecule has 0 aliphatic heterocycles. The van der Waals surface area contributed by atoms with Gasteiger partial charge in [0.2, 0.25) is 5.91 Å². The average Bonchev–Trinajstić information content (AvgIpc) is 3.10. The van der Waals surface area contributed by atoms with Crippen LogP contribution in [0.4, 0.5) is 5.69 Å². The number of anilines is 1. The van der Waals surface area contributed by atoms with E-state index in [1.807, 2.05) is 56.5 Å². The van der Waals surface area contributed by atoms with Crippen molar-refractivity contribution in [2.24, 2.45) is 0 Å². The average molecular weight is 437 g/mol. The first-order valence-electron chi connectivity index (χ1n) is 10.1. The minimum Gasteiger partial charge on any atom is -0.486 e. The summed E-state index contributed by atoms with van der Waals surface area (Å²) in [6.45, 7) is 12.7. The molecule has 1 N–H and O–H groups in total. The van der Waals surface area contributed by atoms with Gasteiger partial charge in [-0.15, -0.1) is 16.8 Å². The maximum absolute atomic E-state index is 12.6. The molecule has 0 unspecified atom stereocenters. The van der Waals surface area contributed by atoms with E-state index in [-0.39, 0.29) is 11.7 Å². The summed E-state index contributed by atoms with van der Waals surface area (Å²) >= 11 is 1.35. The number of aromatic nitrogens is 3. The van der Waals surface area contributed by atoms with E-state index in [9.17, 15) is 4.79 Å². The lowest BCUT2D eigenvalue weighted by atomic mass is 10.1. The number of aryl methyl sites for hydroxylation is 4. The third-order valence-electron chi connectivity index (χ3n) is 4.77. The Morgan fingerprint density at radius 1 is 1.10 bits per heavy atom. The standard InChI is InChI=1S/C24H28N4O2S/c1-6-11-28-21(14-30-20-9-7-16(2)8-10-20)26-27-24(28)31-15-22(29)25-23-18(4)12-17(3)13-19(23)5/h6-10,12-13H,1,11,14-15H2,2-5H3,(H,25,29). The molecule has 0 fully saturated rings. The van der Waals surface area contributed by atoms with Crippen LogP contribution >= 0.6 is 11.8 Å². The van der Waals surface area contributed by atoms with Crippen LogP contribution in [0.3, 0.4) is 0 Å². The van der Waals surface area contributed by atoms with Crippen molar-refractivity contribution in [1.82, 2.24) is 14.8 Å². The number of hydrogen-bond donors (Lipinski definition) is 1. The van der Waals surface area contributed by atoms with Gasteiger partial charge >= 0.3 is 0 Å². The van der Waals surface area contributed by atoms with Gasteiger partial charge in [0, 0.05) is 12.2 Å². The van der Waals surface area contributed by atoms with Crippen LogP contribution < -0.4 is 10.1 Å². The second-order valence-corrected chi connectivity index (χ2v) is 8.45. The monoisotopic (exact) mass is 436 g/mol. The van der Waals surface area contributed by atoms with Gasteiger partial charge in [-0.3, -0.25) is 9.36 Å². The molecule has 0 spiro atoms. The highest BCUT2D eigenvalue weighted by Crippen LogP contribution is 2.23. The third-order valence-corrected chi connectivity index (χ3v) is 5.73. The van der Waals surface area contributed by atoms with Crippen LogP contribution in [0.1, 0.15) is 28.1 Å². The number of carbonyl (C=O) groups is 1. The number of nitrogens with zero attached hydrogens (tertiary/aromatic N) is 3. The Morgan fingerprint density at radius 3 is 2.42 bits per heavy atom. The number of ether oxygens (including phenoxy) is 1. The van der Waals surface area contributed by atoms with Crippen molar-refractivity contribution in [3.05, 3.63) is 77.1 Å². The van der Waals surface area contributed by atoms with E-state index in [0.29, 0.717) is 24.1 Å². The molecule has 3 aromatic rings. The van der Waals surface area contributed by atoms with Gasteiger partial charge in [-0.25, -0.2) is 0 Å². The van der Waals surface area contributed by atoms with Gasteiger partial charge in [-0.1, -0.05) is 53.2 Å². The van der Waals surface area contributed by atoms with Crippen molar-refractivity contribution in [2.45, 2.75) is 46.0 Å². The molecule has 6 nitrogen and oxygen atoms in total. The van der Waals surface area contributed by atoms with Crippen LogP contribution in [0.2, 0.25) is 0 Å². The van der Waals surface area contributed by atoms with Gasteiger partial charge in [0.15, 0.2) is 11.0 Å². The van der Waals surface area contributed by atoms with E-state index in [0.717, 1.165) is 22.6 Å². The zero-order chi connectivity index (χ0) is 22.4. The van der Waals surface area contributed by atoms with Crippen LogP contribution in [-0.4, -0.2) is 26.4 Å². The highest BCUT2D eigenvalue weighted by molar-refractivity contribution is 7.99. The van der Waals surface area contributed by atoms with Crippen molar-refractivity contribution < 1.29 is 9.53 Å². The lowest BCUT2D eigenvalue weighted by Crippen LogP contribution is -2.16. The molecule has 1 aromatic heterocycles. The molecule has 2 aromatic carbocycles. The fourth-order valence-corrected chi connectivity index (χ4v) is 4.08. The summed E-state index contributed by atoms with van der Waals surface area (Å²) in [6, 6.07) is 12.0. The number of carbonyl (C=O) groups excluding carboxylic acids is 1. The molecule has 7 heteroatoms. The first-order valence-corrected chi connectivity index (χ1v) is 11.1. The molecule has 0 saturated heterocycles. The molecular weight excluding hydrogens is 408 g/mol. The predicted octanol–water partition coefficient (Wildman–Crippen LogP) is 5.01. The quantitative estimate of drug-likeness (QED) is 0.377. The normalized spacial score (nSPS) is 10.7. The van der Waals surface area contributed by atoms with Crippen molar-refractivity contribution >= 4 is 23.4 Å². The summed E-state index contributed by atoms with van der Waals surface area (Å²) in [5, 5.41) is 12.2. The first-order chi connectivity index (χ1) is 14.9. The second-order valence-electron chi connectivity index (χ2n) is 7.51. The Bertz CT molecular complexity index is 1050. The summed E-state index contributed by atoms with van der Waals surface area (Å²) < 4.78 is 7.76. The summed E-state index contributed by atoms with van der Waals surface area (Å²) in [6.07, 6.45) is 1.78. The van der Waals surface area contributed by atoms with Crippen LogP contribution in [0.15, 0.2) is 54.2 Å². The summed E-state index contributed by atoms with van der Waals surface area (Å²) in [5.74, 6) is 1.62. The molecular formula is C24H28N4O2S. The van der Waals surface area contributed by atoms with Gasteiger partial charge in [0.25, 0.3) is 0 Å². The Hall–Kier alpha value is -3.06. The highest BCUT2D eigenvalue weighted by Gasteiger charge is 2.15. The second kappa shape index (κ2) is 10.3. The van der Waals surface area contributed by atoms with E-state index < -0.39 is 0 Å². The van der Waals surface area contributed by atoms with E-state index in [1.165, 1.54) is 22.9 Å². The van der Waals surface area contributed by atoms with Crippen molar-refractivity contribution in [3.8, 4) is 5.75 Å². The summed E-state index contributed by atoms with van der Waals surface area (Å²) in [7, 11) is 0. The Morgan fingerprint density at radius 2 is 1.77 bits per heavy atom. The van der Waals surface area contributed by atoms with Gasteiger partial charge in [-0.05, 0) is 51.0 Å². The topological polar surface area (TPSA) is 69.0 Å². The maximum atomic E-state index is 12.6. The molecule has 0 bridgehead atoms. The maximum Gasteiger partial charge on any atom is 0.234 e. The number of rotatable bonds is 9. The molecule has 31 heavy (non-hydrogen) atoms. The lowest BCUT2D eigenvalue weighted by Gasteiger charge is -2.13. The molecule has 1 amide bonds. The van der Waals surface area contributed by atoms with E-state index in [1.54, 1.807) is 6.08 Å². The van der Waals surface area contributed by atoms with Gasteiger partial charge in [0.1, 0.15) is 12.4 Å². The Balaban J connectivity index is 1.64. The zero-order valence-corrected chi connectivity index (χ0v) is 19.3. The van der Waals surface area contributed by atoms with Crippen molar-refractivity contribution in [2.75, 3.05) is 11.1 Å². The SMILES string of the molecule is C=CCn1c(COc2ccc(C)cc2)nnc1SCC(=O)Nc1c(C)cc(C)cc1C. The Kier molecular flexibility index (Phi) is 7.52. The predicted molar refractivity (Wildman–Crippen MR) is 126 cm³/mol. The van der Waals surface area contributed by atoms with Crippen molar-refractivity contribution in [3.63, 3.8) is 0 Å². The van der Waals surface area contributed by atoms with Crippen LogP contribution in [-0.2, 0) is 17.9 Å². The van der Waals surface area contributed by atoms with Crippen LogP contribution in [0, 0.1) is 27.7 Å². The smallest absolute Gasteiger partial charge is 0.234 e. The van der Waals surface area contributed by atoms with Gasteiger partial charge in [0.05, 0.1) is 5.75 Å². The number of allylic oxidation sites excluding steroid dienone is 1. The van der Waals surface area contributed by atoms with E-state index in [2.05, 4.69) is 34.2 Å². The zero-order valence-electron chi connectivity index (χ0n) is 18.4. The lowest BCUT2D eigenvalue weighted by molar-refractivity contribution is -0.113. The molecule has 0 saturated carbocycles. The van der Waals surface area contributed by atoms with E-state index in [4.69, 9.17) is 4.74 Å². The van der Waals surface area contributed by atoms with Crippen LogP contribution in [0.25, 0.3) is 0 Å². The fourth-order valence-electron chi connectivity index (χ4n) is 3.31. The molecule has 162 valence electrons. The number of benzene rings is 2. The van der Waals surface area contributed by atoms with Gasteiger partial charge < -0.3 is 10.1 Å².